The topological polar surface area (TPSA) is 142 Å². The molecule has 190 valence electrons. The molecule has 5 rings (SSSR count). The average molecular weight is 535 g/mol. The number of halogens is 5. The van der Waals surface area contributed by atoms with Gasteiger partial charge in [-0.05, 0) is 30.7 Å². The Labute approximate surface area is 209 Å². The SMILES string of the molecule is CC(Nc1ncnc2nc[nH]c12)c1cc(Cl)c2ccnnc2c1-c1cncc(F)c1.O=C(O)C(F)(F)F. The van der Waals surface area contributed by atoms with Gasteiger partial charge in [0.15, 0.2) is 11.5 Å². The van der Waals surface area contributed by atoms with Crippen molar-refractivity contribution in [2.45, 2.75) is 19.1 Å². The third kappa shape index (κ3) is 5.53. The molecule has 1 atom stereocenters. The Morgan fingerprint density at radius 1 is 1.19 bits per heavy atom. The summed E-state index contributed by atoms with van der Waals surface area (Å²) in [5.74, 6) is -2.61. The molecule has 4 heterocycles. The fourth-order valence-electron chi connectivity index (χ4n) is 3.48. The number of fused-ring (bicyclic) bond motifs is 2. The van der Waals surface area contributed by atoms with Crippen molar-refractivity contribution in [2.24, 2.45) is 0 Å². The number of hydrogen-bond acceptors (Lipinski definition) is 8. The number of rotatable bonds is 4. The Hall–Kier alpha value is -4.46. The minimum atomic E-state index is -5.08. The van der Waals surface area contributed by atoms with E-state index in [1.54, 1.807) is 24.8 Å². The number of carboxylic acid groups (broad SMARTS) is 1. The number of carboxylic acids is 1. The molecule has 0 bridgehead atoms. The number of aromatic nitrogens is 7. The molecule has 0 aliphatic rings. The summed E-state index contributed by atoms with van der Waals surface area (Å²) in [5, 5.41) is 20.0. The maximum atomic E-state index is 14.0. The van der Waals surface area contributed by atoms with Gasteiger partial charge in [0.25, 0.3) is 0 Å². The standard InChI is InChI=1S/C20H14ClFN8.C2HF3O2/c1-10(29-20-18-19(25-8-24-18)26-9-27-20)14-5-15(21)13-2-3-28-30-17(13)16(14)11-4-12(22)7-23-6-11;3-2(4,5)1(6)7/h2-10H,1H3,(H2,24,25,26,27,29);(H,6,7). The van der Waals surface area contributed by atoms with Gasteiger partial charge < -0.3 is 15.4 Å². The normalized spacial score (nSPS) is 12.2. The van der Waals surface area contributed by atoms with Crippen molar-refractivity contribution >= 4 is 45.5 Å². The number of aliphatic carboxylic acids is 1. The van der Waals surface area contributed by atoms with E-state index >= 15 is 0 Å². The summed E-state index contributed by atoms with van der Waals surface area (Å²) in [6, 6.07) is 4.77. The molecule has 0 amide bonds. The number of anilines is 1. The van der Waals surface area contributed by atoms with Crippen molar-refractivity contribution in [2.75, 3.05) is 5.32 Å². The highest BCUT2D eigenvalue weighted by molar-refractivity contribution is 6.36. The first-order valence-corrected chi connectivity index (χ1v) is 10.7. The van der Waals surface area contributed by atoms with Crippen LogP contribution in [0, 0.1) is 5.82 Å². The Bertz CT molecular complexity index is 1590. The number of hydrogen-bond donors (Lipinski definition) is 3. The van der Waals surface area contributed by atoms with E-state index in [9.17, 15) is 17.6 Å². The molecule has 5 aromatic rings. The van der Waals surface area contributed by atoms with Crippen molar-refractivity contribution in [1.29, 1.82) is 0 Å². The minimum Gasteiger partial charge on any atom is -0.475 e. The van der Waals surface area contributed by atoms with Crippen molar-refractivity contribution in [3.63, 3.8) is 0 Å². The Morgan fingerprint density at radius 3 is 2.65 bits per heavy atom. The van der Waals surface area contributed by atoms with E-state index in [0.29, 0.717) is 38.6 Å². The Morgan fingerprint density at radius 2 is 1.95 bits per heavy atom. The maximum absolute atomic E-state index is 14.0. The summed E-state index contributed by atoms with van der Waals surface area (Å²) in [6.45, 7) is 1.95. The monoisotopic (exact) mass is 534 g/mol. The summed E-state index contributed by atoms with van der Waals surface area (Å²) < 4.78 is 45.7. The fraction of sp³-hybridized carbons (Fsp3) is 0.136. The lowest BCUT2D eigenvalue weighted by molar-refractivity contribution is -0.192. The molecule has 0 aliphatic heterocycles. The van der Waals surface area contributed by atoms with Crippen LogP contribution in [0.4, 0.5) is 23.4 Å². The van der Waals surface area contributed by atoms with Gasteiger partial charge in [0.2, 0.25) is 0 Å². The van der Waals surface area contributed by atoms with E-state index in [4.69, 9.17) is 21.5 Å². The number of imidazole rings is 1. The molecule has 1 unspecified atom stereocenters. The predicted octanol–water partition coefficient (Wildman–Crippen LogP) is 4.96. The van der Waals surface area contributed by atoms with Crippen LogP contribution in [0.25, 0.3) is 33.2 Å². The molecule has 0 fully saturated rings. The van der Waals surface area contributed by atoms with Crippen LogP contribution < -0.4 is 5.32 Å². The van der Waals surface area contributed by atoms with Crippen molar-refractivity contribution in [3.05, 3.63) is 65.8 Å². The van der Waals surface area contributed by atoms with Crippen molar-refractivity contribution in [1.82, 2.24) is 35.1 Å². The molecular weight excluding hydrogens is 520 g/mol. The van der Waals surface area contributed by atoms with E-state index < -0.39 is 18.0 Å². The minimum absolute atomic E-state index is 0.270. The summed E-state index contributed by atoms with van der Waals surface area (Å²) in [7, 11) is 0. The lowest BCUT2D eigenvalue weighted by Gasteiger charge is -2.20. The lowest BCUT2D eigenvalue weighted by Crippen LogP contribution is -2.21. The van der Waals surface area contributed by atoms with Gasteiger partial charge in [-0.3, -0.25) is 4.98 Å². The van der Waals surface area contributed by atoms with Gasteiger partial charge in [0.1, 0.15) is 23.2 Å². The first kappa shape index (κ1) is 25.6. The van der Waals surface area contributed by atoms with Gasteiger partial charge in [0, 0.05) is 22.7 Å². The zero-order valence-corrected chi connectivity index (χ0v) is 19.4. The molecule has 3 N–H and O–H groups in total. The van der Waals surface area contributed by atoms with Crippen LogP contribution in [-0.2, 0) is 4.79 Å². The van der Waals surface area contributed by atoms with Gasteiger partial charge in [-0.25, -0.2) is 24.1 Å². The summed E-state index contributed by atoms with van der Waals surface area (Å²) in [4.78, 5) is 28.5. The van der Waals surface area contributed by atoms with Crippen LogP contribution in [-0.4, -0.2) is 52.4 Å². The van der Waals surface area contributed by atoms with Gasteiger partial charge in [-0.1, -0.05) is 11.6 Å². The Balaban J connectivity index is 0.000000405. The highest BCUT2D eigenvalue weighted by atomic mass is 35.5. The third-order valence-electron chi connectivity index (χ3n) is 5.06. The lowest BCUT2D eigenvalue weighted by atomic mass is 9.93. The number of carbonyl (C=O) groups is 1. The van der Waals surface area contributed by atoms with Crippen LogP contribution in [0.5, 0.6) is 0 Å². The van der Waals surface area contributed by atoms with Crippen LogP contribution in [0.3, 0.4) is 0 Å². The van der Waals surface area contributed by atoms with Gasteiger partial charge in [0.05, 0.1) is 29.8 Å². The number of nitrogens with one attached hydrogen (secondary N) is 2. The van der Waals surface area contributed by atoms with Crippen molar-refractivity contribution < 1.29 is 27.5 Å². The van der Waals surface area contributed by atoms with E-state index in [1.807, 2.05) is 13.0 Å². The van der Waals surface area contributed by atoms with Crippen LogP contribution in [0.15, 0.2) is 49.4 Å². The van der Waals surface area contributed by atoms with E-state index in [-0.39, 0.29) is 6.04 Å². The van der Waals surface area contributed by atoms with E-state index in [0.717, 1.165) is 17.1 Å². The molecule has 0 spiro atoms. The highest BCUT2D eigenvalue weighted by Crippen LogP contribution is 2.38. The maximum Gasteiger partial charge on any atom is 0.490 e. The second-order valence-electron chi connectivity index (χ2n) is 7.50. The number of pyridine rings is 1. The molecule has 37 heavy (non-hydrogen) atoms. The molecule has 0 saturated carbocycles. The molecule has 15 heteroatoms. The second kappa shape index (κ2) is 10.3. The second-order valence-corrected chi connectivity index (χ2v) is 7.91. The van der Waals surface area contributed by atoms with E-state index in [2.05, 4.69) is 40.4 Å². The first-order valence-electron chi connectivity index (χ1n) is 10.3. The molecule has 10 nitrogen and oxygen atoms in total. The average Bonchev–Trinajstić information content (AvgIpc) is 3.34. The van der Waals surface area contributed by atoms with Gasteiger partial charge in [-0.2, -0.15) is 18.3 Å². The van der Waals surface area contributed by atoms with E-state index in [1.165, 1.54) is 12.4 Å². The number of alkyl halides is 3. The largest absolute Gasteiger partial charge is 0.490 e. The van der Waals surface area contributed by atoms with Crippen LogP contribution in [0.2, 0.25) is 5.02 Å². The van der Waals surface area contributed by atoms with Gasteiger partial charge in [-0.15, -0.1) is 5.10 Å². The zero-order chi connectivity index (χ0) is 26.7. The van der Waals surface area contributed by atoms with Gasteiger partial charge >= 0.3 is 12.1 Å². The quantitative estimate of drug-likeness (QED) is 0.273. The highest BCUT2D eigenvalue weighted by Gasteiger charge is 2.38. The number of benzene rings is 1. The molecule has 0 saturated heterocycles. The van der Waals surface area contributed by atoms with Crippen molar-refractivity contribution in [3.8, 4) is 11.1 Å². The first-order chi connectivity index (χ1) is 17.6. The zero-order valence-electron chi connectivity index (χ0n) is 18.6. The number of aromatic amines is 1. The number of H-pyrrole nitrogens is 1. The molecular formula is C22H15ClF4N8O2. The predicted molar refractivity (Wildman–Crippen MR) is 125 cm³/mol. The number of nitrogens with zero attached hydrogens (tertiary/aromatic N) is 6. The molecule has 4 aromatic heterocycles. The molecule has 0 radical (unpaired) electrons. The van der Waals surface area contributed by atoms with Crippen LogP contribution >= 0.6 is 11.6 Å². The summed E-state index contributed by atoms with van der Waals surface area (Å²) in [5.41, 5.74) is 3.88. The summed E-state index contributed by atoms with van der Waals surface area (Å²) in [6.07, 6.45) is 2.23. The fourth-order valence-corrected chi connectivity index (χ4v) is 3.75. The summed E-state index contributed by atoms with van der Waals surface area (Å²) >= 11 is 6.55. The smallest absolute Gasteiger partial charge is 0.475 e. The van der Waals surface area contributed by atoms with Crippen LogP contribution in [0.1, 0.15) is 18.5 Å². The Kier molecular flexibility index (Phi) is 7.11. The molecule has 1 aromatic carbocycles. The molecule has 0 aliphatic carbocycles. The third-order valence-corrected chi connectivity index (χ3v) is 5.38.